The molecule has 1 aromatic rings. The zero-order valence-corrected chi connectivity index (χ0v) is 15.0. The Kier molecular flexibility index (Phi) is 5.53. The Hall–Kier alpha value is -1.74. The lowest BCUT2D eigenvalue weighted by atomic mass is 9.87. The Balaban J connectivity index is 2.49. The fraction of sp³-hybridized carbons (Fsp3) is 0.368. The number of hydrogen-bond acceptors (Lipinski definition) is 2. The van der Waals surface area contributed by atoms with Crippen molar-refractivity contribution in [2.45, 2.75) is 47.0 Å². The van der Waals surface area contributed by atoms with E-state index < -0.39 is 0 Å². The maximum Gasteiger partial charge on any atom is 0.138 e. The van der Waals surface area contributed by atoms with Crippen LogP contribution in [0.3, 0.4) is 0 Å². The van der Waals surface area contributed by atoms with Crippen LogP contribution in [0.2, 0.25) is 0 Å². The van der Waals surface area contributed by atoms with E-state index in [-0.39, 0.29) is 11.7 Å². The van der Waals surface area contributed by atoms with Crippen molar-refractivity contribution >= 4 is 28.2 Å². The second-order valence-electron chi connectivity index (χ2n) is 5.86. The van der Waals surface area contributed by atoms with E-state index in [0.29, 0.717) is 16.4 Å². The molecule has 2 rings (SSSR count). The number of hydrogen-bond donors (Lipinski definition) is 0. The molecule has 1 aromatic carbocycles. The highest BCUT2D eigenvalue weighted by atomic mass is 35.5. The van der Waals surface area contributed by atoms with Gasteiger partial charge >= 0.3 is 0 Å². The van der Waals surface area contributed by atoms with Gasteiger partial charge in [0.05, 0.1) is 11.4 Å². The van der Waals surface area contributed by atoms with Crippen molar-refractivity contribution in [2.75, 3.05) is 0 Å². The standard InChI is InChI=1S/C19H22ClFN2/c1-6-13(5)22-19(20)14(7-2)17-9-11(3)15-8-12(4)16(21)10-18(15)23-17/h6-8,10-11H,9H2,1-5H3/b13-6-,14-7-,22-19+. The normalized spacial score (nSPS) is 19.5. The van der Waals surface area contributed by atoms with Crippen molar-refractivity contribution in [3.05, 3.63) is 52.5 Å². The maximum absolute atomic E-state index is 13.9. The van der Waals surface area contributed by atoms with E-state index in [9.17, 15) is 4.39 Å². The SMILES string of the molecule is C\C=C(C)/N=C(Cl)\C(=C/C)C1=Nc2cc(F)c(C)cc2C(C)C1. The molecule has 0 saturated heterocycles. The number of rotatable bonds is 3. The molecule has 1 heterocycles. The third kappa shape index (κ3) is 3.78. The summed E-state index contributed by atoms with van der Waals surface area (Å²) >= 11 is 6.37. The van der Waals surface area contributed by atoms with E-state index >= 15 is 0 Å². The molecule has 0 amide bonds. The summed E-state index contributed by atoms with van der Waals surface area (Å²) in [5.41, 5.74) is 4.94. The summed E-state index contributed by atoms with van der Waals surface area (Å²) in [4.78, 5) is 9.02. The molecular formula is C19H22ClFN2. The molecule has 1 unspecified atom stereocenters. The summed E-state index contributed by atoms with van der Waals surface area (Å²) in [5, 5.41) is 0.421. The number of benzene rings is 1. The van der Waals surface area contributed by atoms with Gasteiger partial charge in [0.1, 0.15) is 11.0 Å². The molecule has 1 aliphatic heterocycles. The first kappa shape index (κ1) is 17.6. The van der Waals surface area contributed by atoms with E-state index in [0.717, 1.165) is 29.0 Å². The number of halogens is 2. The molecule has 0 radical (unpaired) electrons. The van der Waals surface area contributed by atoms with Gasteiger partial charge in [-0.3, -0.25) is 4.99 Å². The van der Waals surface area contributed by atoms with E-state index in [1.165, 1.54) is 6.07 Å². The van der Waals surface area contributed by atoms with Gasteiger partial charge in [0, 0.05) is 17.3 Å². The molecule has 0 saturated carbocycles. The Morgan fingerprint density at radius 1 is 1.35 bits per heavy atom. The maximum atomic E-state index is 13.9. The van der Waals surface area contributed by atoms with Gasteiger partial charge < -0.3 is 0 Å². The molecule has 0 aliphatic carbocycles. The van der Waals surface area contributed by atoms with Crippen LogP contribution < -0.4 is 0 Å². The zero-order chi connectivity index (χ0) is 17.1. The van der Waals surface area contributed by atoms with E-state index in [4.69, 9.17) is 11.6 Å². The Morgan fingerprint density at radius 3 is 2.65 bits per heavy atom. The molecule has 122 valence electrons. The van der Waals surface area contributed by atoms with Crippen molar-refractivity contribution in [1.29, 1.82) is 0 Å². The highest BCUT2D eigenvalue weighted by Crippen LogP contribution is 2.37. The minimum Gasteiger partial charge on any atom is -0.252 e. The molecule has 2 nitrogen and oxygen atoms in total. The largest absolute Gasteiger partial charge is 0.252 e. The third-order valence-corrected chi connectivity index (χ3v) is 4.40. The number of nitrogens with zero attached hydrogens (tertiary/aromatic N) is 2. The van der Waals surface area contributed by atoms with E-state index in [1.807, 2.05) is 39.0 Å². The topological polar surface area (TPSA) is 24.7 Å². The highest BCUT2D eigenvalue weighted by molar-refractivity contribution is 6.72. The van der Waals surface area contributed by atoms with Crippen molar-refractivity contribution in [3.8, 4) is 0 Å². The minimum atomic E-state index is -0.229. The molecule has 0 aromatic heterocycles. The summed E-state index contributed by atoms with van der Waals surface area (Å²) in [6.45, 7) is 9.63. The molecular weight excluding hydrogens is 311 g/mol. The average Bonchev–Trinajstić information content (AvgIpc) is 2.50. The van der Waals surface area contributed by atoms with Crippen molar-refractivity contribution in [2.24, 2.45) is 9.98 Å². The molecule has 0 fully saturated rings. The van der Waals surface area contributed by atoms with Gasteiger partial charge in [0.15, 0.2) is 0 Å². The summed E-state index contributed by atoms with van der Waals surface area (Å²) in [5.74, 6) is 0.0338. The van der Waals surface area contributed by atoms with Crippen LogP contribution in [0.5, 0.6) is 0 Å². The summed E-state index contributed by atoms with van der Waals surface area (Å²) in [6.07, 6.45) is 4.57. The number of allylic oxidation sites excluding steroid dienone is 4. The Labute approximate surface area is 142 Å². The molecule has 1 aliphatic rings. The zero-order valence-electron chi connectivity index (χ0n) is 14.2. The predicted molar refractivity (Wildman–Crippen MR) is 97.7 cm³/mol. The minimum absolute atomic E-state index is 0.229. The molecule has 0 N–H and O–H groups in total. The fourth-order valence-corrected chi connectivity index (χ4v) is 2.98. The van der Waals surface area contributed by atoms with E-state index in [1.54, 1.807) is 6.92 Å². The second-order valence-corrected chi connectivity index (χ2v) is 6.22. The summed E-state index contributed by atoms with van der Waals surface area (Å²) < 4.78 is 13.9. The van der Waals surface area contributed by atoms with Gasteiger partial charge in [-0.25, -0.2) is 9.38 Å². The van der Waals surface area contributed by atoms with Crippen molar-refractivity contribution in [3.63, 3.8) is 0 Å². The second kappa shape index (κ2) is 7.22. The lowest BCUT2D eigenvalue weighted by molar-refractivity contribution is 0.616. The lowest BCUT2D eigenvalue weighted by Gasteiger charge is -2.23. The lowest BCUT2D eigenvalue weighted by Crippen LogP contribution is -2.16. The summed E-state index contributed by atoms with van der Waals surface area (Å²) in [6, 6.07) is 3.40. The van der Waals surface area contributed by atoms with Crippen LogP contribution in [-0.2, 0) is 0 Å². The van der Waals surface area contributed by atoms with Crippen molar-refractivity contribution < 1.29 is 4.39 Å². The fourth-order valence-electron chi connectivity index (χ4n) is 2.63. The molecule has 23 heavy (non-hydrogen) atoms. The van der Waals surface area contributed by atoms with Crippen LogP contribution in [0.1, 0.15) is 51.2 Å². The first-order valence-corrected chi connectivity index (χ1v) is 8.16. The third-order valence-electron chi connectivity index (χ3n) is 4.11. The predicted octanol–water partition coefficient (Wildman–Crippen LogP) is 6.22. The molecule has 0 bridgehead atoms. The quantitative estimate of drug-likeness (QED) is 0.587. The smallest absolute Gasteiger partial charge is 0.138 e. The van der Waals surface area contributed by atoms with Crippen LogP contribution in [0.25, 0.3) is 0 Å². The van der Waals surface area contributed by atoms with Gasteiger partial charge in [-0.2, -0.15) is 0 Å². The van der Waals surface area contributed by atoms with E-state index in [2.05, 4.69) is 16.9 Å². The Bertz CT molecular complexity index is 742. The summed E-state index contributed by atoms with van der Waals surface area (Å²) in [7, 11) is 0. The van der Waals surface area contributed by atoms with Gasteiger partial charge in [0.25, 0.3) is 0 Å². The van der Waals surface area contributed by atoms with Gasteiger partial charge in [0.2, 0.25) is 0 Å². The van der Waals surface area contributed by atoms with Gasteiger partial charge in [-0.05, 0) is 51.2 Å². The number of fused-ring (bicyclic) bond motifs is 1. The molecule has 0 spiro atoms. The first-order valence-electron chi connectivity index (χ1n) is 7.79. The number of aliphatic imine (C=N–C) groups is 2. The van der Waals surface area contributed by atoms with Crippen molar-refractivity contribution in [1.82, 2.24) is 0 Å². The number of aryl methyl sites for hydroxylation is 1. The van der Waals surface area contributed by atoms with Crippen LogP contribution in [0.4, 0.5) is 10.1 Å². The van der Waals surface area contributed by atoms with Crippen LogP contribution >= 0.6 is 11.6 Å². The monoisotopic (exact) mass is 332 g/mol. The van der Waals surface area contributed by atoms with Gasteiger partial charge in [-0.15, -0.1) is 0 Å². The van der Waals surface area contributed by atoms with Crippen LogP contribution in [0, 0.1) is 12.7 Å². The van der Waals surface area contributed by atoms with Crippen LogP contribution in [-0.4, -0.2) is 10.9 Å². The Morgan fingerprint density at radius 2 is 2.04 bits per heavy atom. The first-order chi connectivity index (χ1) is 10.9. The highest BCUT2D eigenvalue weighted by Gasteiger charge is 2.24. The molecule has 4 heteroatoms. The molecule has 1 atom stereocenters. The average molecular weight is 333 g/mol. The van der Waals surface area contributed by atoms with Crippen LogP contribution in [0.15, 0.2) is 45.5 Å². The van der Waals surface area contributed by atoms with Gasteiger partial charge in [-0.1, -0.05) is 36.7 Å².